The molecule has 108 valence electrons. The van der Waals surface area contributed by atoms with Gasteiger partial charge in [-0.15, -0.1) is 0 Å². The maximum absolute atomic E-state index is 11.2. The third kappa shape index (κ3) is 4.20. The van der Waals surface area contributed by atoms with E-state index in [1.807, 2.05) is 0 Å². The molecule has 19 heavy (non-hydrogen) atoms. The Labute approximate surface area is 114 Å². The second-order valence-corrected chi connectivity index (χ2v) is 5.97. The standard InChI is InChI=1S/C14H24N2O3/c1-10(17)15-12-7-11(5-6-14(18)19)8-16(9-12)13-3-2-4-13/h11-13H,2-9H2,1H3,(H,15,17)(H,18,19). The molecule has 2 atom stereocenters. The smallest absolute Gasteiger partial charge is 0.303 e. The van der Waals surface area contributed by atoms with E-state index in [2.05, 4.69) is 10.2 Å². The lowest BCUT2D eigenvalue weighted by atomic mass is 9.85. The van der Waals surface area contributed by atoms with E-state index in [0.717, 1.165) is 19.5 Å². The van der Waals surface area contributed by atoms with Crippen molar-refractivity contribution in [3.8, 4) is 0 Å². The van der Waals surface area contributed by atoms with Crippen molar-refractivity contribution in [3.63, 3.8) is 0 Å². The summed E-state index contributed by atoms with van der Waals surface area (Å²) in [6, 6.07) is 0.842. The number of amides is 1. The molecule has 2 N–H and O–H groups in total. The van der Waals surface area contributed by atoms with Crippen LogP contribution in [0.2, 0.25) is 0 Å². The second-order valence-electron chi connectivity index (χ2n) is 5.97. The van der Waals surface area contributed by atoms with Gasteiger partial charge in [-0.25, -0.2) is 0 Å². The minimum absolute atomic E-state index is 0.0115. The number of likely N-dealkylation sites (tertiary alicyclic amines) is 1. The first-order chi connectivity index (χ1) is 9.04. The zero-order valence-electron chi connectivity index (χ0n) is 11.6. The number of nitrogens with zero attached hydrogens (tertiary/aromatic N) is 1. The summed E-state index contributed by atoms with van der Waals surface area (Å²) in [5.74, 6) is -0.323. The van der Waals surface area contributed by atoms with E-state index in [9.17, 15) is 9.59 Å². The maximum Gasteiger partial charge on any atom is 0.303 e. The molecule has 1 saturated heterocycles. The number of piperidine rings is 1. The lowest BCUT2D eigenvalue weighted by Crippen LogP contribution is -2.55. The van der Waals surface area contributed by atoms with Crippen LogP contribution in [0, 0.1) is 5.92 Å². The van der Waals surface area contributed by atoms with Gasteiger partial charge in [0.25, 0.3) is 0 Å². The lowest BCUT2D eigenvalue weighted by Gasteiger charge is -2.45. The van der Waals surface area contributed by atoms with Crippen molar-refractivity contribution in [2.45, 2.75) is 57.5 Å². The Morgan fingerprint density at radius 3 is 2.58 bits per heavy atom. The van der Waals surface area contributed by atoms with Gasteiger partial charge in [-0.2, -0.15) is 0 Å². The van der Waals surface area contributed by atoms with Gasteiger partial charge < -0.3 is 10.4 Å². The third-order valence-corrected chi connectivity index (χ3v) is 4.33. The molecule has 5 heteroatoms. The van der Waals surface area contributed by atoms with E-state index in [0.29, 0.717) is 18.4 Å². The number of carboxylic acid groups (broad SMARTS) is 1. The van der Waals surface area contributed by atoms with Crippen LogP contribution in [0.3, 0.4) is 0 Å². The van der Waals surface area contributed by atoms with Crippen LogP contribution in [0.15, 0.2) is 0 Å². The van der Waals surface area contributed by atoms with Crippen LogP contribution in [0.1, 0.15) is 45.4 Å². The van der Waals surface area contributed by atoms with E-state index in [4.69, 9.17) is 5.11 Å². The van der Waals surface area contributed by atoms with Crippen molar-refractivity contribution in [1.29, 1.82) is 0 Å². The van der Waals surface area contributed by atoms with Gasteiger partial charge in [-0.05, 0) is 31.6 Å². The van der Waals surface area contributed by atoms with E-state index >= 15 is 0 Å². The highest BCUT2D eigenvalue weighted by Gasteiger charge is 2.33. The Balaban J connectivity index is 1.90. The summed E-state index contributed by atoms with van der Waals surface area (Å²) >= 11 is 0. The minimum Gasteiger partial charge on any atom is -0.481 e. The zero-order valence-corrected chi connectivity index (χ0v) is 11.6. The third-order valence-electron chi connectivity index (χ3n) is 4.33. The lowest BCUT2D eigenvalue weighted by molar-refractivity contribution is -0.137. The number of carbonyl (C=O) groups is 2. The quantitative estimate of drug-likeness (QED) is 0.787. The fraction of sp³-hybridized carbons (Fsp3) is 0.857. The summed E-state index contributed by atoms with van der Waals surface area (Å²) in [5.41, 5.74) is 0. The molecule has 1 saturated carbocycles. The van der Waals surface area contributed by atoms with Crippen molar-refractivity contribution >= 4 is 11.9 Å². The highest BCUT2D eigenvalue weighted by Crippen LogP contribution is 2.30. The molecule has 0 aromatic rings. The first-order valence-corrected chi connectivity index (χ1v) is 7.27. The van der Waals surface area contributed by atoms with Gasteiger partial charge in [0.1, 0.15) is 0 Å². The molecular weight excluding hydrogens is 244 g/mol. The zero-order chi connectivity index (χ0) is 13.8. The maximum atomic E-state index is 11.2. The van der Waals surface area contributed by atoms with Gasteiger partial charge in [0.15, 0.2) is 0 Å². The molecule has 2 fully saturated rings. The molecule has 1 heterocycles. The average molecular weight is 268 g/mol. The fourth-order valence-electron chi connectivity index (χ4n) is 3.22. The number of hydrogen-bond acceptors (Lipinski definition) is 3. The summed E-state index contributed by atoms with van der Waals surface area (Å²) in [6.07, 6.45) is 5.66. The SMILES string of the molecule is CC(=O)NC1CC(CCC(=O)O)CN(C2CCC2)C1. The van der Waals surface area contributed by atoms with Crippen LogP contribution < -0.4 is 5.32 Å². The first kappa shape index (κ1) is 14.3. The van der Waals surface area contributed by atoms with Crippen molar-refractivity contribution in [2.24, 2.45) is 5.92 Å². The number of hydrogen-bond donors (Lipinski definition) is 2. The summed E-state index contributed by atoms with van der Waals surface area (Å²) in [4.78, 5) is 24.4. The molecule has 2 aliphatic rings. The number of aliphatic carboxylic acids is 1. The minimum atomic E-state index is -0.725. The highest BCUT2D eigenvalue weighted by atomic mass is 16.4. The average Bonchev–Trinajstić information content (AvgIpc) is 2.22. The monoisotopic (exact) mass is 268 g/mol. The van der Waals surface area contributed by atoms with Crippen LogP contribution in [-0.2, 0) is 9.59 Å². The van der Waals surface area contributed by atoms with Crippen molar-refractivity contribution in [1.82, 2.24) is 10.2 Å². The molecule has 1 aliphatic carbocycles. The number of nitrogens with one attached hydrogen (secondary N) is 1. The van der Waals surface area contributed by atoms with Crippen LogP contribution in [0.4, 0.5) is 0 Å². The Bertz CT molecular complexity index is 342. The van der Waals surface area contributed by atoms with E-state index < -0.39 is 5.97 Å². The fourth-order valence-corrected chi connectivity index (χ4v) is 3.22. The van der Waals surface area contributed by atoms with E-state index in [1.165, 1.54) is 19.3 Å². The van der Waals surface area contributed by atoms with Crippen molar-refractivity contribution in [2.75, 3.05) is 13.1 Å². The summed E-state index contributed by atoms with van der Waals surface area (Å²) < 4.78 is 0. The van der Waals surface area contributed by atoms with Gasteiger partial charge in [0.05, 0.1) is 0 Å². The van der Waals surface area contributed by atoms with E-state index in [-0.39, 0.29) is 18.4 Å². The molecule has 0 radical (unpaired) electrons. The van der Waals surface area contributed by atoms with E-state index in [1.54, 1.807) is 6.92 Å². The Kier molecular flexibility index (Phi) is 4.80. The molecule has 0 aromatic carbocycles. The first-order valence-electron chi connectivity index (χ1n) is 7.27. The van der Waals surface area contributed by atoms with Crippen LogP contribution in [-0.4, -0.2) is 47.1 Å². The molecule has 0 bridgehead atoms. The normalized spacial score (nSPS) is 28.7. The Hall–Kier alpha value is -1.10. The van der Waals surface area contributed by atoms with Crippen molar-refractivity contribution < 1.29 is 14.7 Å². The van der Waals surface area contributed by atoms with Gasteiger partial charge in [0, 0.05) is 38.5 Å². The Morgan fingerprint density at radius 1 is 1.32 bits per heavy atom. The van der Waals surface area contributed by atoms with Gasteiger partial charge >= 0.3 is 5.97 Å². The topological polar surface area (TPSA) is 69.6 Å². The van der Waals surface area contributed by atoms with Gasteiger partial charge in [0.2, 0.25) is 5.91 Å². The molecular formula is C14H24N2O3. The Morgan fingerprint density at radius 2 is 2.05 bits per heavy atom. The van der Waals surface area contributed by atoms with Gasteiger partial charge in [-0.1, -0.05) is 6.42 Å². The predicted octanol–water partition coefficient (Wildman–Crippen LogP) is 1.23. The van der Waals surface area contributed by atoms with Gasteiger partial charge in [-0.3, -0.25) is 14.5 Å². The van der Waals surface area contributed by atoms with Crippen LogP contribution >= 0.6 is 0 Å². The molecule has 1 aliphatic heterocycles. The molecule has 0 spiro atoms. The van der Waals surface area contributed by atoms with Crippen molar-refractivity contribution in [3.05, 3.63) is 0 Å². The molecule has 2 unspecified atom stereocenters. The largest absolute Gasteiger partial charge is 0.481 e. The summed E-state index contributed by atoms with van der Waals surface area (Å²) in [5, 5.41) is 11.8. The molecule has 1 amide bonds. The van der Waals surface area contributed by atoms with Crippen LogP contribution in [0.5, 0.6) is 0 Å². The van der Waals surface area contributed by atoms with Crippen LogP contribution in [0.25, 0.3) is 0 Å². The summed E-state index contributed by atoms with van der Waals surface area (Å²) in [6.45, 7) is 3.47. The number of carboxylic acids is 1. The predicted molar refractivity (Wildman–Crippen MR) is 71.8 cm³/mol. The number of carbonyl (C=O) groups excluding carboxylic acids is 1. The highest BCUT2D eigenvalue weighted by molar-refractivity contribution is 5.73. The molecule has 5 nitrogen and oxygen atoms in total. The molecule has 2 rings (SSSR count). The summed E-state index contributed by atoms with van der Waals surface area (Å²) in [7, 11) is 0. The number of rotatable bonds is 5. The second kappa shape index (κ2) is 6.37. The molecule has 0 aromatic heterocycles.